The number of nitrogens with zero attached hydrogens (tertiary/aromatic N) is 1. The molecule has 0 spiro atoms. The van der Waals surface area contributed by atoms with E-state index in [1.165, 1.54) is 32.9 Å². The van der Waals surface area contributed by atoms with E-state index < -0.39 is 66.7 Å². The summed E-state index contributed by atoms with van der Waals surface area (Å²) in [5, 5.41) is 24.7. The van der Waals surface area contributed by atoms with Crippen molar-refractivity contribution in [1.29, 1.82) is 0 Å². The molecule has 1 aliphatic heterocycles. The van der Waals surface area contributed by atoms with E-state index in [-0.39, 0.29) is 5.75 Å². The highest BCUT2D eigenvalue weighted by Gasteiger charge is 2.64. The SMILES string of the molecule is C#C[C@@]1(O)[C@H](O)[C@@H](COP(=O)(NC(C)(C)C(=O)OC(C)C)Oc2ccccc2)O[C@@]1(C)n1ccc(=O)[nH]c1=O. The molecule has 0 bridgehead atoms. The lowest BCUT2D eigenvalue weighted by atomic mass is 9.87. The number of hydrogen-bond donors (Lipinski definition) is 4. The van der Waals surface area contributed by atoms with Crippen molar-refractivity contribution in [2.24, 2.45) is 0 Å². The summed E-state index contributed by atoms with van der Waals surface area (Å²) >= 11 is 0. The van der Waals surface area contributed by atoms with Gasteiger partial charge in [-0.2, -0.15) is 5.09 Å². The predicted molar refractivity (Wildman–Crippen MR) is 139 cm³/mol. The number of H-pyrrole nitrogens is 1. The number of carbonyl (C=O) groups excluding carboxylic acids is 1. The minimum absolute atomic E-state index is 0.138. The number of ether oxygens (including phenoxy) is 2. The highest BCUT2D eigenvalue weighted by Crippen LogP contribution is 2.49. The molecule has 39 heavy (non-hydrogen) atoms. The smallest absolute Gasteiger partial charge is 0.459 e. The molecule has 1 saturated heterocycles. The minimum atomic E-state index is -4.41. The number of aliphatic hydroxyl groups is 2. The molecule has 3 rings (SSSR count). The second-order valence-corrected chi connectivity index (χ2v) is 11.5. The first-order chi connectivity index (χ1) is 18.1. The maximum absolute atomic E-state index is 13.9. The van der Waals surface area contributed by atoms with Gasteiger partial charge in [0.1, 0.15) is 23.5 Å². The fourth-order valence-electron chi connectivity index (χ4n) is 3.95. The number of hydrogen-bond acceptors (Lipinski definition) is 10. The van der Waals surface area contributed by atoms with Crippen LogP contribution in [0.3, 0.4) is 0 Å². The van der Waals surface area contributed by atoms with Crippen LogP contribution in [0.15, 0.2) is 52.2 Å². The Morgan fingerprint density at radius 2 is 1.95 bits per heavy atom. The summed E-state index contributed by atoms with van der Waals surface area (Å²) in [7, 11) is -4.41. The summed E-state index contributed by atoms with van der Waals surface area (Å²) < 4.78 is 37.0. The zero-order valence-corrected chi connectivity index (χ0v) is 23.0. The maximum Gasteiger partial charge on any atom is 0.459 e. The molecule has 2 aromatic rings. The van der Waals surface area contributed by atoms with Gasteiger partial charge < -0.3 is 24.2 Å². The van der Waals surface area contributed by atoms with Gasteiger partial charge in [0, 0.05) is 12.3 Å². The molecule has 4 N–H and O–H groups in total. The van der Waals surface area contributed by atoms with Gasteiger partial charge in [0.25, 0.3) is 5.56 Å². The van der Waals surface area contributed by atoms with Crippen LogP contribution >= 0.6 is 7.75 Å². The second-order valence-electron chi connectivity index (χ2n) is 9.86. The van der Waals surface area contributed by atoms with Gasteiger partial charge in [-0.3, -0.25) is 23.7 Å². The van der Waals surface area contributed by atoms with Crippen molar-refractivity contribution in [2.75, 3.05) is 6.61 Å². The molecule has 0 radical (unpaired) electrons. The zero-order chi connectivity index (χ0) is 29.2. The molecule has 0 saturated carbocycles. The minimum Gasteiger partial charge on any atom is -0.462 e. The molecular formula is C25H32N3O10P. The van der Waals surface area contributed by atoms with E-state index in [2.05, 4.69) is 11.0 Å². The van der Waals surface area contributed by atoms with E-state index in [0.29, 0.717) is 0 Å². The van der Waals surface area contributed by atoms with Crippen LogP contribution in [0.4, 0.5) is 0 Å². The zero-order valence-electron chi connectivity index (χ0n) is 22.1. The van der Waals surface area contributed by atoms with Crippen molar-refractivity contribution < 1.29 is 38.1 Å². The highest BCUT2D eigenvalue weighted by atomic mass is 31.2. The molecule has 1 unspecified atom stereocenters. The van der Waals surface area contributed by atoms with Crippen molar-refractivity contribution in [1.82, 2.24) is 14.6 Å². The molecule has 1 aromatic carbocycles. The summed E-state index contributed by atoms with van der Waals surface area (Å²) in [5.74, 6) is 1.46. The predicted octanol–water partition coefficient (Wildman–Crippen LogP) is 0.857. The van der Waals surface area contributed by atoms with Crippen LogP contribution in [0.1, 0.15) is 34.6 Å². The monoisotopic (exact) mass is 565 g/mol. The molecule has 212 valence electrons. The topological polar surface area (TPSA) is 178 Å². The summed E-state index contributed by atoms with van der Waals surface area (Å²) in [6.45, 7) is 6.70. The number of terminal acetylenes is 1. The van der Waals surface area contributed by atoms with Crippen LogP contribution in [-0.4, -0.2) is 61.8 Å². The first kappa shape index (κ1) is 30.3. The molecule has 1 fully saturated rings. The van der Waals surface area contributed by atoms with E-state index in [0.717, 1.165) is 16.8 Å². The normalized spacial score (nSPS) is 26.5. The number of para-hydroxylation sites is 1. The number of rotatable bonds is 10. The molecule has 0 amide bonds. The van der Waals surface area contributed by atoms with Gasteiger partial charge >= 0.3 is 19.4 Å². The van der Waals surface area contributed by atoms with Gasteiger partial charge in [-0.15, -0.1) is 6.42 Å². The van der Waals surface area contributed by atoms with E-state index in [9.17, 15) is 29.2 Å². The van der Waals surface area contributed by atoms with Crippen molar-refractivity contribution >= 4 is 13.7 Å². The van der Waals surface area contributed by atoms with Gasteiger partial charge in [-0.25, -0.2) is 9.36 Å². The Kier molecular flexibility index (Phi) is 8.62. The van der Waals surface area contributed by atoms with Crippen molar-refractivity contribution in [3.63, 3.8) is 0 Å². The van der Waals surface area contributed by atoms with E-state index in [1.54, 1.807) is 32.0 Å². The maximum atomic E-state index is 13.9. The molecule has 5 atom stereocenters. The van der Waals surface area contributed by atoms with Crippen LogP contribution in [-0.2, 0) is 29.1 Å². The Labute approximate surface area is 224 Å². The highest BCUT2D eigenvalue weighted by molar-refractivity contribution is 7.52. The van der Waals surface area contributed by atoms with Gasteiger partial charge in [-0.05, 0) is 46.8 Å². The molecule has 2 heterocycles. The first-order valence-electron chi connectivity index (χ1n) is 11.9. The lowest BCUT2D eigenvalue weighted by Gasteiger charge is -2.36. The number of aromatic nitrogens is 2. The van der Waals surface area contributed by atoms with Crippen molar-refractivity contribution in [3.05, 3.63) is 63.4 Å². The Hall–Kier alpha value is -3.24. The number of benzene rings is 1. The van der Waals surface area contributed by atoms with Crippen LogP contribution in [0.2, 0.25) is 0 Å². The summed E-state index contributed by atoms with van der Waals surface area (Å²) in [6.07, 6.45) is 2.84. The Bertz CT molecular complexity index is 1400. The van der Waals surface area contributed by atoms with Gasteiger partial charge in [0.15, 0.2) is 5.72 Å². The van der Waals surface area contributed by atoms with Crippen molar-refractivity contribution in [3.8, 4) is 18.1 Å². The van der Waals surface area contributed by atoms with Gasteiger partial charge in [0.05, 0.1) is 12.7 Å². The number of nitrogens with one attached hydrogen (secondary N) is 2. The third-order valence-corrected chi connectivity index (χ3v) is 7.79. The Morgan fingerprint density at radius 1 is 1.31 bits per heavy atom. The van der Waals surface area contributed by atoms with Gasteiger partial charge in [0.2, 0.25) is 5.60 Å². The molecule has 0 aliphatic carbocycles. The van der Waals surface area contributed by atoms with Crippen LogP contribution in [0.25, 0.3) is 0 Å². The summed E-state index contributed by atoms with van der Waals surface area (Å²) in [6, 6.07) is 8.99. The lowest BCUT2D eigenvalue weighted by Crippen LogP contribution is -2.58. The average Bonchev–Trinajstić information content (AvgIpc) is 3.04. The fraction of sp³-hybridized carbons (Fsp3) is 0.480. The largest absolute Gasteiger partial charge is 0.462 e. The number of esters is 1. The van der Waals surface area contributed by atoms with Crippen LogP contribution < -0.4 is 20.9 Å². The summed E-state index contributed by atoms with van der Waals surface area (Å²) in [4.78, 5) is 38.7. The first-order valence-corrected chi connectivity index (χ1v) is 13.5. The standard InChI is InChI=1S/C25H32N3O10P/c1-7-25(33)20(30)18(37-24(25,6)28-14-13-19(29)26-22(28)32)15-35-39(34,38-17-11-9-8-10-12-17)27-23(4,5)21(31)36-16(2)3/h1,8-14,16,18,20,30,33H,15H2,2-6H3,(H,27,34)(H,26,29,32)/t18-,20-,24-,25-,39?/m1/s1. The Balaban J connectivity index is 1.92. The molecule has 1 aromatic heterocycles. The number of aromatic amines is 1. The molecule has 14 heteroatoms. The molecule has 1 aliphatic rings. The van der Waals surface area contributed by atoms with E-state index in [4.69, 9.17) is 24.9 Å². The van der Waals surface area contributed by atoms with E-state index in [1.807, 2.05) is 4.98 Å². The lowest BCUT2D eigenvalue weighted by molar-refractivity contribution is -0.161. The third kappa shape index (κ3) is 6.17. The van der Waals surface area contributed by atoms with Crippen LogP contribution in [0.5, 0.6) is 5.75 Å². The van der Waals surface area contributed by atoms with E-state index >= 15 is 0 Å². The average molecular weight is 566 g/mol. The Morgan fingerprint density at radius 3 is 2.51 bits per heavy atom. The second kappa shape index (κ2) is 11.1. The number of aliphatic hydroxyl groups excluding tert-OH is 1. The van der Waals surface area contributed by atoms with Crippen molar-refractivity contribution in [2.45, 2.75) is 69.8 Å². The van der Waals surface area contributed by atoms with Crippen LogP contribution in [0, 0.1) is 12.3 Å². The number of carbonyl (C=O) groups is 1. The summed E-state index contributed by atoms with van der Waals surface area (Å²) in [5.41, 5.74) is -7.78. The molecular weight excluding hydrogens is 533 g/mol. The molecule has 13 nitrogen and oxygen atoms in total. The third-order valence-electron chi connectivity index (χ3n) is 6.02. The van der Waals surface area contributed by atoms with Gasteiger partial charge in [-0.1, -0.05) is 24.1 Å². The quantitative estimate of drug-likeness (QED) is 0.182. The fourth-order valence-corrected chi connectivity index (χ4v) is 5.63.